The standard InChI is InChI=1S/C18H21ClN6O/c1-10-13(12(3)25-18(22-10)23-17(20)24-25)8-9-16(26)21-11(2)14-6-4-5-7-15(14)19/h4-7,11H,8-9H2,1-3H3,(H2,20,24)(H,21,26). The molecule has 0 aliphatic rings. The summed E-state index contributed by atoms with van der Waals surface area (Å²) in [4.78, 5) is 20.9. The molecular formula is C18H21ClN6O. The molecule has 1 aromatic carbocycles. The van der Waals surface area contributed by atoms with E-state index in [-0.39, 0.29) is 17.9 Å². The third kappa shape index (κ3) is 3.62. The summed E-state index contributed by atoms with van der Waals surface area (Å²) in [5, 5.41) is 7.78. The Labute approximate surface area is 156 Å². The lowest BCUT2D eigenvalue weighted by Crippen LogP contribution is -2.27. The van der Waals surface area contributed by atoms with Crippen LogP contribution in [0.3, 0.4) is 0 Å². The molecule has 8 heteroatoms. The van der Waals surface area contributed by atoms with Gasteiger partial charge in [-0.2, -0.15) is 9.50 Å². The minimum atomic E-state index is -0.158. The SMILES string of the molecule is Cc1nc2nc(N)nn2c(C)c1CCC(=O)NC(C)c1ccccc1Cl. The molecule has 0 spiro atoms. The van der Waals surface area contributed by atoms with Crippen molar-refractivity contribution >= 4 is 29.2 Å². The number of hydrogen-bond acceptors (Lipinski definition) is 5. The number of nitrogens with one attached hydrogen (secondary N) is 1. The number of hydrogen-bond donors (Lipinski definition) is 2. The van der Waals surface area contributed by atoms with Gasteiger partial charge in [0.05, 0.1) is 6.04 Å². The third-order valence-electron chi connectivity index (χ3n) is 4.42. The normalized spacial score (nSPS) is 12.3. The second kappa shape index (κ2) is 7.29. The van der Waals surface area contributed by atoms with Gasteiger partial charge in [0, 0.05) is 22.8 Å². The zero-order chi connectivity index (χ0) is 18.8. The van der Waals surface area contributed by atoms with Gasteiger partial charge in [-0.15, -0.1) is 5.10 Å². The molecule has 2 heterocycles. The molecule has 7 nitrogen and oxygen atoms in total. The van der Waals surface area contributed by atoms with Gasteiger partial charge in [0.2, 0.25) is 11.9 Å². The van der Waals surface area contributed by atoms with E-state index in [1.165, 1.54) is 0 Å². The quantitative estimate of drug-likeness (QED) is 0.717. The summed E-state index contributed by atoms with van der Waals surface area (Å²) < 4.78 is 1.61. The minimum Gasteiger partial charge on any atom is -0.366 e. The van der Waals surface area contributed by atoms with Crippen molar-refractivity contribution in [2.75, 3.05) is 5.73 Å². The summed E-state index contributed by atoms with van der Waals surface area (Å²) in [5.41, 5.74) is 9.24. The van der Waals surface area contributed by atoms with Crippen molar-refractivity contribution in [3.05, 3.63) is 51.8 Å². The van der Waals surface area contributed by atoms with E-state index in [2.05, 4.69) is 20.4 Å². The number of rotatable bonds is 5. The fraction of sp³-hybridized carbons (Fsp3) is 0.333. The number of aromatic nitrogens is 4. The lowest BCUT2D eigenvalue weighted by molar-refractivity contribution is -0.121. The Hall–Kier alpha value is -2.67. The smallest absolute Gasteiger partial charge is 0.254 e. The molecule has 0 fully saturated rings. The fourth-order valence-electron chi connectivity index (χ4n) is 3.04. The number of carbonyl (C=O) groups excluding carboxylic acids is 1. The van der Waals surface area contributed by atoms with Crippen LogP contribution in [0.2, 0.25) is 5.02 Å². The maximum Gasteiger partial charge on any atom is 0.254 e. The zero-order valence-corrected chi connectivity index (χ0v) is 15.7. The van der Waals surface area contributed by atoms with Crippen LogP contribution in [0.4, 0.5) is 5.95 Å². The van der Waals surface area contributed by atoms with Crippen LogP contribution < -0.4 is 11.1 Å². The van der Waals surface area contributed by atoms with Crippen LogP contribution in [0.1, 0.15) is 41.9 Å². The van der Waals surface area contributed by atoms with Crippen LogP contribution in [-0.2, 0) is 11.2 Å². The van der Waals surface area contributed by atoms with Gasteiger partial charge in [0.1, 0.15) is 0 Å². The molecule has 0 aliphatic heterocycles. The number of fused-ring (bicyclic) bond motifs is 1. The summed E-state index contributed by atoms with van der Waals surface area (Å²) in [6.45, 7) is 5.74. The number of nitrogen functional groups attached to an aromatic ring is 1. The monoisotopic (exact) mass is 372 g/mol. The number of aryl methyl sites for hydroxylation is 2. The predicted molar refractivity (Wildman–Crippen MR) is 101 cm³/mol. The van der Waals surface area contributed by atoms with Gasteiger partial charge in [-0.25, -0.2) is 4.98 Å². The first-order valence-corrected chi connectivity index (χ1v) is 8.76. The molecule has 1 amide bonds. The molecule has 0 radical (unpaired) electrons. The van der Waals surface area contributed by atoms with E-state index in [0.29, 0.717) is 23.6 Å². The van der Waals surface area contributed by atoms with Crippen LogP contribution in [-0.4, -0.2) is 25.5 Å². The summed E-state index contributed by atoms with van der Waals surface area (Å²) in [5.74, 6) is 0.607. The molecule has 3 aromatic rings. The molecule has 0 bridgehead atoms. The average molecular weight is 373 g/mol. The summed E-state index contributed by atoms with van der Waals surface area (Å²) in [7, 11) is 0. The molecule has 136 valence electrons. The first-order valence-electron chi connectivity index (χ1n) is 8.39. The van der Waals surface area contributed by atoms with Gasteiger partial charge in [-0.3, -0.25) is 4.79 Å². The first kappa shape index (κ1) is 18.1. The fourth-order valence-corrected chi connectivity index (χ4v) is 3.34. The highest BCUT2D eigenvalue weighted by Crippen LogP contribution is 2.22. The Kier molecular flexibility index (Phi) is 5.08. The molecule has 0 aliphatic carbocycles. The Morgan fingerprint density at radius 1 is 1.31 bits per heavy atom. The van der Waals surface area contributed by atoms with Crippen molar-refractivity contribution in [3.8, 4) is 0 Å². The number of nitrogens with two attached hydrogens (primary N) is 1. The molecular weight excluding hydrogens is 352 g/mol. The van der Waals surface area contributed by atoms with E-state index in [0.717, 1.165) is 22.5 Å². The topological polar surface area (TPSA) is 98.2 Å². The van der Waals surface area contributed by atoms with E-state index < -0.39 is 0 Å². The van der Waals surface area contributed by atoms with Gasteiger partial charge >= 0.3 is 0 Å². The number of anilines is 1. The lowest BCUT2D eigenvalue weighted by Gasteiger charge is -2.16. The van der Waals surface area contributed by atoms with Crippen LogP contribution in [0.25, 0.3) is 5.78 Å². The molecule has 1 atom stereocenters. The highest BCUT2D eigenvalue weighted by molar-refractivity contribution is 6.31. The number of nitrogens with zero attached hydrogens (tertiary/aromatic N) is 4. The van der Waals surface area contributed by atoms with Crippen molar-refractivity contribution in [1.82, 2.24) is 24.9 Å². The molecule has 3 rings (SSSR count). The van der Waals surface area contributed by atoms with Crippen LogP contribution in [0, 0.1) is 13.8 Å². The molecule has 1 unspecified atom stereocenters. The Morgan fingerprint density at radius 2 is 2.04 bits per heavy atom. The maximum absolute atomic E-state index is 12.4. The average Bonchev–Trinajstić information content (AvgIpc) is 2.95. The summed E-state index contributed by atoms with van der Waals surface area (Å²) >= 11 is 6.19. The summed E-state index contributed by atoms with van der Waals surface area (Å²) in [6.07, 6.45) is 0.898. The van der Waals surface area contributed by atoms with Crippen molar-refractivity contribution < 1.29 is 4.79 Å². The highest BCUT2D eigenvalue weighted by atomic mass is 35.5. The van der Waals surface area contributed by atoms with Crippen LogP contribution in [0.5, 0.6) is 0 Å². The van der Waals surface area contributed by atoms with E-state index in [1.54, 1.807) is 4.52 Å². The van der Waals surface area contributed by atoms with Gasteiger partial charge < -0.3 is 11.1 Å². The van der Waals surface area contributed by atoms with Crippen molar-refractivity contribution in [2.24, 2.45) is 0 Å². The van der Waals surface area contributed by atoms with Crippen LogP contribution >= 0.6 is 11.6 Å². The number of carbonyl (C=O) groups is 1. The third-order valence-corrected chi connectivity index (χ3v) is 4.76. The van der Waals surface area contributed by atoms with E-state index >= 15 is 0 Å². The van der Waals surface area contributed by atoms with E-state index in [4.69, 9.17) is 17.3 Å². The van der Waals surface area contributed by atoms with Crippen LogP contribution in [0.15, 0.2) is 24.3 Å². The Morgan fingerprint density at radius 3 is 2.77 bits per heavy atom. The number of halogens is 1. The maximum atomic E-state index is 12.4. The van der Waals surface area contributed by atoms with Crippen molar-refractivity contribution in [1.29, 1.82) is 0 Å². The number of benzene rings is 1. The lowest BCUT2D eigenvalue weighted by atomic mass is 10.1. The van der Waals surface area contributed by atoms with Gasteiger partial charge in [-0.05, 0) is 44.4 Å². The van der Waals surface area contributed by atoms with E-state index in [1.807, 2.05) is 45.0 Å². The first-order chi connectivity index (χ1) is 12.4. The molecule has 0 saturated carbocycles. The number of amides is 1. The largest absolute Gasteiger partial charge is 0.366 e. The molecule has 3 N–H and O–H groups in total. The molecule has 2 aromatic heterocycles. The zero-order valence-electron chi connectivity index (χ0n) is 15.0. The van der Waals surface area contributed by atoms with Crippen molar-refractivity contribution in [3.63, 3.8) is 0 Å². The predicted octanol–water partition coefficient (Wildman–Crippen LogP) is 2.79. The highest BCUT2D eigenvalue weighted by Gasteiger charge is 2.16. The Balaban J connectivity index is 1.70. The summed E-state index contributed by atoms with van der Waals surface area (Å²) in [6, 6.07) is 7.34. The molecule has 26 heavy (non-hydrogen) atoms. The van der Waals surface area contributed by atoms with Gasteiger partial charge in [0.15, 0.2) is 0 Å². The second-order valence-electron chi connectivity index (χ2n) is 6.25. The Bertz CT molecular complexity index is 968. The van der Waals surface area contributed by atoms with Gasteiger partial charge in [0.25, 0.3) is 5.78 Å². The minimum absolute atomic E-state index is 0.0468. The van der Waals surface area contributed by atoms with E-state index in [9.17, 15) is 4.79 Å². The van der Waals surface area contributed by atoms with Crippen molar-refractivity contribution in [2.45, 2.75) is 39.7 Å². The second-order valence-corrected chi connectivity index (χ2v) is 6.66. The molecule has 0 saturated heterocycles. The van der Waals surface area contributed by atoms with Gasteiger partial charge in [-0.1, -0.05) is 29.8 Å².